The van der Waals surface area contributed by atoms with Crippen LogP contribution in [0.3, 0.4) is 0 Å². The molecule has 4 rings (SSSR count). The highest BCUT2D eigenvalue weighted by atomic mass is 79.9. The smallest absolute Gasteiger partial charge is 0.316 e. The average molecular weight is 750 g/mol. The van der Waals surface area contributed by atoms with Crippen molar-refractivity contribution >= 4 is 98.3 Å². The van der Waals surface area contributed by atoms with Gasteiger partial charge in [0.1, 0.15) is 0 Å². The summed E-state index contributed by atoms with van der Waals surface area (Å²) in [5.74, 6) is -0.776. The summed E-state index contributed by atoms with van der Waals surface area (Å²) in [6.07, 6.45) is 9.85. The number of carboxylic acid groups (broad SMARTS) is 1. The monoisotopic (exact) mass is 746 g/mol. The molecule has 182 valence electrons. The first-order chi connectivity index (χ1) is 15.7. The van der Waals surface area contributed by atoms with Gasteiger partial charge in [-0.2, -0.15) is 0 Å². The van der Waals surface area contributed by atoms with E-state index in [-0.39, 0.29) is 5.97 Å². The number of hydrogen-bond acceptors (Lipinski definition) is 5. The second kappa shape index (κ2) is 12.0. The predicted octanol–water partition coefficient (Wildman–Crippen LogP) is 9.21. The Bertz CT molecular complexity index is 989. The molecule has 0 saturated heterocycles. The number of ether oxygens (including phenoxy) is 1. The summed E-state index contributed by atoms with van der Waals surface area (Å²) >= 11 is 17.1. The van der Waals surface area contributed by atoms with Gasteiger partial charge >= 0.3 is 11.9 Å². The summed E-state index contributed by atoms with van der Waals surface area (Å²) in [7, 11) is 1.48. The third-order valence-electron chi connectivity index (χ3n) is 6.74. The molecule has 33 heavy (non-hydrogen) atoms. The van der Waals surface area contributed by atoms with Crippen LogP contribution in [0.25, 0.3) is 0 Å². The standard InChI is InChI=1S/C12H14Br2O2S.C11H12Br2O2S/c1-16-11(15)12(5-3-2-4-6-12)8-7-9(13)17-10(8)14;12-8-6-7(9(13)16-8)11(10(14)15)4-2-1-3-5-11/h7H,2-6H2,1H3;6H,1-5H2,(H,14,15). The van der Waals surface area contributed by atoms with Crippen molar-refractivity contribution in [2.75, 3.05) is 7.11 Å². The number of hydrogen-bond donors (Lipinski definition) is 1. The van der Waals surface area contributed by atoms with Gasteiger partial charge in [0.15, 0.2) is 0 Å². The zero-order chi connectivity index (χ0) is 24.2. The lowest BCUT2D eigenvalue weighted by Crippen LogP contribution is -2.38. The number of carbonyl (C=O) groups is 2. The maximum Gasteiger partial charge on any atom is 0.316 e. The largest absolute Gasteiger partial charge is 0.481 e. The van der Waals surface area contributed by atoms with Crippen molar-refractivity contribution in [3.05, 3.63) is 38.4 Å². The van der Waals surface area contributed by atoms with E-state index in [2.05, 4.69) is 69.8 Å². The molecule has 2 saturated carbocycles. The van der Waals surface area contributed by atoms with Crippen LogP contribution in [0.1, 0.15) is 75.3 Å². The normalized spacial score (nSPS) is 19.3. The molecule has 2 aromatic heterocycles. The molecule has 0 spiro atoms. The predicted molar refractivity (Wildman–Crippen MR) is 149 cm³/mol. The summed E-state index contributed by atoms with van der Waals surface area (Å²) in [4.78, 5) is 23.8. The van der Waals surface area contributed by atoms with Crippen LogP contribution in [-0.4, -0.2) is 24.2 Å². The van der Waals surface area contributed by atoms with Crippen LogP contribution < -0.4 is 0 Å². The molecule has 0 unspecified atom stereocenters. The van der Waals surface area contributed by atoms with E-state index in [0.717, 1.165) is 84.1 Å². The van der Waals surface area contributed by atoms with E-state index in [0.29, 0.717) is 0 Å². The zero-order valence-corrected chi connectivity index (χ0v) is 26.2. The molecular weight excluding hydrogens is 724 g/mol. The molecule has 0 atom stereocenters. The topological polar surface area (TPSA) is 63.6 Å². The van der Waals surface area contributed by atoms with Crippen molar-refractivity contribution in [2.45, 2.75) is 75.0 Å². The third kappa shape index (κ3) is 5.98. The second-order valence-electron chi connectivity index (χ2n) is 8.56. The molecule has 1 N–H and O–H groups in total. The van der Waals surface area contributed by atoms with E-state index in [1.165, 1.54) is 13.5 Å². The van der Waals surface area contributed by atoms with Crippen molar-refractivity contribution in [1.29, 1.82) is 0 Å². The summed E-state index contributed by atoms with van der Waals surface area (Å²) in [6.45, 7) is 0. The Morgan fingerprint density at radius 3 is 1.52 bits per heavy atom. The number of carboxylic acids is 1. The minimum absolute atomic E-state index is 0.0943. The van der Waals surface area contributed by atoms with Crippen LogP contribution in [0.4, 0.5) is 0 Å². The Kier molecular flexibility index (Phi) is 10.1. The Balaban J connectivity index is 0.000000186. The minimum Gasteiger partial charge on any atom is -0.481 e. The van der Waals surface area contributed by atoms with Crippen molar-refractivity contribution in [3.63, 3.8) is 0 Å². The summed E-state index contributed by atoms with van der Waals surface area (Å²) in [5.41, 5.74) is 0.922. The molecule has 0 bridgehead atoms. The highest BCUT2D eigenvalue weighted by Crippen LogP contribution is 2.48. The molecular formula is C23H26Br4O4S2. The van der Waals surface area contributed by atoms with Gasteiger partial charge in [0.2, 0.25) is 0 Å². The lowest BCUT2D eigenvalue weighted by atomic mass is 9.70. The van der Waals surface area contributed by atoms with Crippen LogP contribution in [0.2, 0.25) is 0 Å². The van der Waals surface area contributed by atoms with Crippen molar-refractivity contribution in [3.8, 4) is 0 Å². The minimum atomic E-state index is -0.682. The Morgan fingerprint density at radius 1 is 0.788 bits per heavy atom. The number of methoxy groups -OCH3 is 1. The van der Waals surface area contributed by atoms with Crippen LogP contribution >= 0.6 is 86.4 Å². The quantitative estimate of drug-likeness (QED) is 0.317. The summed E-state index contributed by atoms with van der Waals surface area (Å²) < 4.78 is 9.06. The van der Waals surface area contributed by atoms with E-state index in [1.54, 1.807) is 22.7 Å². The first-order valence-corrected chi connectivity index (χ1v) is 15.7. The number of thiophene rings is 2. The third-order valence-corrected chi connectivity index (χ3v) is 11.4. The molecule has 0 aromatic carbocycles. The fourth-order valence-corrected chi connectivity index (χ4v) is 11.2. The van der Waals surface area contributed by atoms with Gasteiger partial charge in [0.05, 0.1) is 33.1 Å². The highest BCUT2D eigenvalue weighted by Gasteiger charge is 2.45. The molecule has 0 amide bonds. The average Bonchev–Trinajstić information content (AvgIpc) is 3.34. The van der Waals surface area contributed by atoms with Gasteiger partial charge < -0.3 is 9.84 Å². The van der Waals surface area contributed by atoms with Crippen molar-refractivity contribution < 1.29 is 19.4 Å². The van der Waals surface area contributed by atoms with E-state index in [1.807, 2.05) is 6.07 Å². The lowest BCUT2D eigenvalue weighted by Gasteiger charge is -2.34. The number of halogens is 4. The summed E-state index contributed by atoms with van der Waals surface area (Å²) in [5, 5.41) is 9.54. The molecule has 10 heteroatoms. The van der Waals surface area contributed by atoms with E-state index < -0.39 is 16.8 Å². The SMILES string of the molecule is COC(=O)C1(c2cc(Br)sc2Br)CCCCC1.O=C(O)C1(c2cc(Br)sc2Br)CCCCC1. The first kappa shape index (κ1) is 27.8. The molecule has 2 aromatic rings. The summed E-state index contributed by atoms with van der Waals surface area (Å²) in [6, 6.07) is 4.01. The maximum atomic E-state index is 12.2. The van der Waals surface area contributed by atoms with Gasteiger partial charge in [-0.05, 0) is 113 Å². The molecule has 0 aliphatic heterocycles. The van der Waals surface area contributed by atoms with Gasteiger partial charge in [-0.15, -0.1) is 22.7 Å². The Hall–Kier alpha value is 0.260. The van der Waals surface area contributed by atoms with Crippen LogP contribution in [0.15, 0.2) is 27.3 Å². The number of esters is 1. The fraction of sp³-hybridized carbons (Fsp3) is 0.565. The van der Waals surface area contributed by atoms with Crippen molar-refractivity contribution in [2.24, 2.45) is 0 Å². The number of rotatable bonds is 4. The molecule has 2 aliphatic rings. The maximum absolute atomic E-state index is 12.2. The molecule has 2 fully saturated rings. The van der Waals surface area contributed by atoms with Gasteiger partial charge in [0.25, 0.3) is 0 Å². The van der Waals surface area contributed by atoms with Gasteiger partial charge in [-0.1, -0.05) is 38.5 Å². The number of carbonyl (C=O) groups excluding carboxylic acids is 1. The van der Waals surface area contributed by atoms with E-state index in [9.17, 15) is 14.7 Å². The lowest BCUT2D eigenvalue weighted by molar-refractivity contribution is -0.149. The van der Waals surface area contributed by atoms with E-state index >= 15 is 0 Å². The number of aliphatic carboxylic acids is 1. The zero-order valence-electron chi connectivity index (χ0n) is 18.2. The van der Waals surface area contributed by atoms with Gasteiger partial charge in [-0.3, -0.25) is 9.59 Å². The fourth-order valence-electron chi connectivity index (χ4n) is 5.02. The van der Waals surface area contributed by atoms with Crippen LogP contribution in [-0.2, 0) is 25.2 Å². The Morgan fingerprint density at radius 2 is 1.18 bits per heavy atom. The second-order valence-corrected chi connectivity index (χ2v) is 16.1. The van der Waals surface area contributed by atoms with E-state index in [4.69, 9.17) is 4.74 Å². The van der Waals surface area contributed by atoms with Crippen LogP contribution in [0.5, 0.6) is 0 Å². The molecule has 2 aliphatic carbocycles. The molecule has 0 radical (unpaired) electrons. The van der Waals surface area contributed by atoms with Crippen LogP contribution in [0, 0.1) is 0 Å². The molecule has 4 nitrogen and oxygen atoms in total. The van der Waals surface area contributed by atoms with Gasteiger partial charge in [0, 0.05) is 0 Å². The Labute approximate surface area is 236 Å². The molecule has 2 heterocycles. The van der Waals surface area contributed by atoms with Gasteiger partial charge in [-0.25, -0.2) is 0 Å². The highest BCUT2D eigenvalue weighted by molar-refractivity contribution is 9.12. The van der Waals surface area contributed by atoms with Crippen molar-refractivity contribution in [1.82, 2.24) is 0 Å². The first-order valence-electron chi connectivity index (χ1n) is 10.9.